The summed E-state index contributed by atoms with van der Waals surface area (Å²) in [6.45, 7) is 3.49. The third-order valence-electron chi connectivity index (χ3n) is 4.82. The van der Waals surface area contributed by atoms with Gasteiger partial charge in [0.05, 0.1) is 26.0 Å². The maximum Gasteiger partial charge on any atom is 0.290 e. The van der Waals surface area contributed by atoms with Crippen LogP contribution >= 0.6 is 0 Å². The molecule has 5 nitrogen and oxygen atoms in total. The molecule has 0 fully saturated rings. The maximum atomic E-state index is 14.0. The minimum absolute atomic E-state index is 0.0118. The van der Waals surface area contributed by atoms with Crippen molar-refractivity contribution in [2.75, 3.05) is 0 Å². The van der Waals surface area contributed by atoms with Crippen molar-refractivity contribution in [1.82, 2.24) is 0 Å². The Morgan fingerprint density at radius 1 is 0.774 bits per heavy atom. The zero-order valence-electron chi connectivity index (χ0n) is 17.3. The van der Waals surface area contributed by atoms with Crippen LogP contribution in [0.1, 0.15) is 24.2 Å². The van der Waals surface area contributed by atoms with Gasteiger partial charge in [-0.25, -0.2) is 4.21 Å². The van der Waals surface area contributed by atoms with Gasteiger partial charge >= 0.3 is 0 Å². The topological polar surface area (TPSA) is 83.8 Å². The van der Waals surface area contributed by atoms with Crippen molar-refractivity contribution in [2.45, 2.75) is 35.0 Å². The monoisotopic (exact) mass is 455 g/mol. The quantitative estimate of drug-likeness (QED) is 0.514. The van der Waals surface area contributed by atoms with E-state index in [-0.39, 0.29) is 4.90 Å². The van der Waals surface area contributed by atoms with Gasteiger partial charge in [0.25, 0.3) is 10.0 Å². The van der Waals surface area contributed by atoms with Gasteiger partial charge in [-0.15, -0.1) is 3.77 Å². The molecule has 1 unspecified atom stereocenters. The number of hydrogen-bond donors (Lipinski definition) is 1. The summed E-state index contributed by atoms with van der Waals surface area (Å²) in [5.74, 6) is 0. The molecule has 0 bridgehead atoms. The number of aryl methyl sites for hydroxylation is 1. The molecule has 3 rings (SSSR count). The van der Waals surface area contributed by atoms with Crippen LogP contribution in [0.25, 0.3) is 0 Å². The first kappa shape index (κ1) is 22.9. The number of nitrogens with zero attached hydrogens (tertiary/aromatic N) is 1. The average Bonchev–Trinajstić information content (AvgIpc) is 2.78. The smallest absolute Gasteiger partial charge is 0.290 e. The van der Waals surface area contributed by atoms with E-state index >= 15 is 0 Å². The molecule has 0 spiro atoms. The molecule has 31 heavy (non-hydrogen) atoms. The highest BCUT2D eigenvalue weighted by Gasteiger charge is 2.25. The first-order valence-electron chi connectivity index (χ1n) is 9.78. The fourth-order valence-corrected chi connectivity index (χ4v) is 7.13. The summed E-state index contributed by atoms with van der Waals surface area (Å²) in [4.78, 5) is 0.305. The Morgan fingerprint density at radius 3 is 1.90 bits per heavy atom. The van der Waals surface area contributed by atoms with Crippen LogP contribution in [-0.2, 0) is 19.8 Å². The summed E-state index contributed by atoms with van der Waals surface area (Å²) in [7, 11) is -7.57. The van der Waals surface area contributed by atoms with Crippen molar-refractivity contribution >= 4 is 19.8 Å². The Hall–Kier alpha value is -2.74. The molecule has 0 aliphatic rings. The zero-order chi connectivity index (χ0) is 22.5. The van der Waals surface area contributed by atoms with Gasteiger partial charge < -0.3 is 5.11 Å². The van der Waals surface area contributed by atoms with Crippen LogP contribution in [0, 0.1) is 6.92 Å². The molecule has 3 atom stereocenters. The lowest BCUT2D eigenvalue weighted by atomic mass is 10.1. The van der Waals surface area contributed by atoms with Gasteiger partial charge in [-0.2, -0.15) is 8.42 Å². The summed E-state index contributed by atoms with van der Waals surface area (Å²) in [5, 5.41) is 9.64. The van der Waals surface area contributed by atoms with Crippen molar-refractivity contribution < 1.29 is 17.7 Å². The lowest BCUT2D eigenvalue weighted by Gasteiger charge is -2.16. The third kappa shape index (κ3) is 5.50. The van der Waals surface area contributed by atoms with E-state index < -0.39 is 31.1 Å². The van der Waals surface area contributed by atoms with Crippen molar-refractivity contribution in [3.63, 3.8) is 0 Å². The minimum atomic E-state index is -4.17. The Bertz CT molecular complexity index is 1260. The zero-order valence-corrected chi connectivity index (χ0v) is 19.0. The normalized spacial score (nSPS) is 15.8. The molecule has 0 aliphatic heterocycles. The summed E-state index contributed by atoms with van der Waals surface area (Å²) in [5.41, 5.74) is 1.59. The largest absolute Gasteiger partial charge is 0.384 e. The molecule has 0 saturated carbocycles. The molecule has 3 aromatic rings. The van der Waals surface area contributed by atoms with E-state index in [0.717, 1.165) is 5.56 Å². The van der Waals surface area contributed by atoms with Crippen LogP contribution in [0.4, 0.5) is 0 Å². The SMILES string of the molecule is Cc1ccc(S(=O)(=O)N=S(=O)(c2ccccc2)[C@H](C)/C=C/[C@@H](O)c2ccccc2)cc1. The van der Waals surface area contributed by atoms with Crippen LogP contribution in [0.3, 0.4) is 0 Å². The number of rotatable bonds is 7. The van der Waals surface area contributed by atoms with Gasteiger partial charge in [0.15, 0.2) is 0 Å². The molecule has 162 valence electrons. The molecule has 0 aromatic heterocycles. The van der Waals surface area contributed by atoms with Crippen LogP contribution < -0.4 is 0 Å². The van der Waals surface area contributed by atoms with Crippen molar-refractivity contribution in [3.05, 3.63) is 108 Å². The molecule has 1 N–H and O–H groups in total. The number of aliphatic hydroxyl groups excluding tert-OH is 1. The molecule has 3 aromatic carbocycles. The van der Waals surface area contributed by atoms with Crippen molar-refractivity contribution in [3.8, 4) is 0 Å². The highest BCUT2D eigenvalue weighted by Crippen LogP contribution is 2.25. The van der Waals surface area contributed by atoms with Gasteiger partial charge in [-0.05, 0) is 43.7 Å². The van der Waals surface area contributed by atoms with Gasteiger partial charge in [0.2, 0.25) is 0 Å². The van der Waals surface area contributed by atoms with Gasteiger partial charge in [0, 0.05) is 4.90 Å². The lowest BCUT2D eigenvalue weighted by molar-refractivity contribution is 0.228. The molecule has 0 radical (unpaired) electrons. The van der Waals surface area contributed by atoms with Gasteiger partial charge in [0.1, 0.15) is 0 Å². The van der Waals surface area contributed by atoms with Crippen LogP contribution in [0.15, 0.2) is 111 Å². The van der Waals surface area contributed by atoms with Gasteiger partial charge in [-0.1, -0.05) is 78.4 Å². The van der Waals surface area contributed by atoms with E-state index in [1.54, 1.807) is 67.6 Å². The second-order valence-electron chi connectivity index (χ2n) is 7.19. The average molecular weight is 456 g/mol. The molecule has 0 heterocycles. The third-order valence-corrected chi connectivity index (χ3v) is 9.47. The molecule has 0 saturated heterocycles. The van der Waals surface area contributed by atoms with E-state index in [1.807, 2.05) is 25.1 Å². The molecule has 0 aliphatic carbocycles. The Balaban J connectivity index is 2.05. The highest BCUT2D eigenvalue weighted by atomic mass is 32.3. The van der Waals surface area contributed by atoms with Gasteiger partial charge in [-0.3, -0.25) is 0 Å². The van der Waals surface area contributed by atoms with Crippen LogP contribution in [-0.4, -0.2) is 23.0 Å². The molecular formula is C24H25NO4S2. The second kappa shape index (κ2) is 9.60. The predicted octanol–water partition coefficient (Wildman–Crippen LogP) is 4.89. The maximum absolute atomic E-state index is 14.0. The van der Waals surface area contributed by atoms with E-state index in [0.29, 0.717) is 10.5 Å². The van der Waals surface area contributed by atoms with E-state index in [1.165, 1.54) is 18.2 Å². The Morgan fingerprint density at radius 2 is 1.32 bits per heavy atom. The molecule has 7 heteroatoms. The van der Waals surface area contributed by atoms with E-state index in [9.17, 15) is 17.7 Å². The minimum Gasteiger partial charge on any atom is -0.384 e. The fraction of sp³-hybridized carbons (Fsp3) is 0.167. The van der Waals surface area contributed by atoms with Crippen molar-refractivity contribution in [1.29, 1.82) is 0 Å². The van der Waals surface area contributed by atoms with Crippen LogP contribution in [0.2, 0.25) is 0 Å². The highest BCUT2D eigenvalue weighted by molar-refractivity contribution is 8.03. The van der Waals surface area contributed by atoms with Crippen molar-refractivity contribution in [2.24, 2.45) is 3.77 Å². The Labute approximate surface area is 184 Å². The fourth-order valence-electron chi connectivity index (χ4n) is 2.97. The van der Waals surface area contributed by atoms with Crippen LogP contribution in [0.5, 0.6) is 0 Å². The van der Waals surface area contributed by atoms with E-state index in [4.69, 9.17) is 0 Å². The Kier molecular flexibility index (Phi) is 7.10. The molecular weight excluding hydrogens is 430 g/mol. The summed E-state index contributed by atoms with van der Waals surface area (Å²) in [6, 6.07) is 23.6. The number of hydrogen-bond acceptors (Lipinski definition) is 4. The number of sulfonamides is 1. The number of benzene rings is 3. The first-order chi connectivity index (χ1) is 14.7. The summed E-state index contributed by atoms with van der Waals surface area (Å²) in [6.07, 6.45) is 2.16. The predicted molar refractivity (Wildman–Crippen MR) is 124 cm³/mol. The molecule has 0 amide bonds. The number of aliphatic hydroxyl groups is 1. The van der Waals surface area contributed by atoms with E-state index in [2.05, 4.69) is 3.77 Å². The second-order valence-corrected chi connectivity index (χ2v) is 11.6. The standard InChI is InChI=1S/C24H25NO4S2/c1-19-13-16-23(17-14-19)31(28,29)25-30(27,22-11-7-4-8-12-22)20(2)15-18-24(26)21-9-5-3-6-10-21/h3-18,20,24,26H,1-2H3/b18-15+/t20-,24-,30?/m1/s1. The first-order valence-corrected chi connectivity index (χ1v) is 12.8. The lowest BCUT2D eigenvalue weighted by Crippen LogP contribution is -2.18. The summed E-state index contributed by atoms with van der Waals surface area (Å²) < 4.78 is 43.9. The summed E-state index contributed by atoms with van der Waals surface area (Å²) >= 11 is 0.